The summed E-state index contributed by atoms with van der Waals surface area (Å²) in [6, 6.07) is -0.398. The summed E-state index contributed by atoms with van der Waals surface area (Å²) in [5, 5.41) is 5.50. The fourth-order valence-electron chi connectivity index (χ4n) is 2.31. The number of carbonyl (C=O) groups is 2. The molecule has 1 fully saturated rings. The Morgan fingerprint density at radius 2 is 2.26 bits per heavy atom. The van der Waals surface area contributed by atoms with E-state index in [0.29, 0.717) is 6.42 Å². The Kier molecular flexibility index (Phi) is 3.89. The van der Waals surface area contributed by atoms with E-state index in [0.717, 1.165) is 11.4 Å². The number of amides is 2. The van der Waals surface area contributed by atoms with Gasteiger partial charge in [-0.15, -0.1) is 11.3 Å². The van der Waals surface area contributed by atoms with Gasteiger partial charge >= 0.3 is 0 Å². The zero-order chi connectivity index (χ0) is 14.0. The molecule has 1 aromatic heterocycles. The van der Waals surface area contributed by atoms with Crippen LogP contribution in [0.5, 0.6) is 0 Å². The Bertz CT molecular complexity index is 470. The van der Waals surface area contributed by atoms with Crippen LogP contribution in [0.15, 0.2) is 11.6 Å². The van der Waals surface area contributed by atoms with Crippen molar-refractivity contribution in [3.05, 3.63) is 16.6 Å². The lowest BCUT2D eigenvalue weighted by Crippen LogP contribution is -2.62. The SMILES string of the molecule is CCCC1NC(=O)CN(C(C)(C)c2nccs2)C1=O. The first-order valence-electron chi connectivity index (χ1n) is 6.47. The fraction of sp³-hybridized carbons (Fsp3) is 0.615. The summed E-state index contributed by atoms with van der Waals surface area (Å²) >= 11 is 1.50. The lowest BCUT2D eigenvalue weighted by Gasteiger charge is -2.42. The minimum Gasteiger partial charge on any atom is -0.343 e. The Morgan fingerprint density at radius 1 is 1.53 bits per heavy atom. The molecule has 1 atom stereocenters. The molecular weight excluding hydrogens is 262 g/mol. The summed E-state index contributed by atoms with van der Waals surface area (Å²) in [5.74, 6) is -0.107. The van der Waals surface area contributed by atoms with Gasteiger partial charge in [0.25, 0.3) is 0 Å². The van der Waals surface area contributed by atoms with Gasteiger partial charge in [0.05, 0.1) is 5.54 Å². The van der Waals surface area contributed by atoms with Gasteiger partial charge < -0.3 is 10.2 Å². The van der Waals surface area contributed by atoms with Crippen molar-refractivity contribution in [1.29, 1.82) is 0 Å². The lowest BCUT2D eigenvalue weighted by atomic mass is 9.98. The average Bonchev–Trinajstić information content (AvgIpc) is 2.88. The molecule has 19 heavy (non-hydrogen) atoms. The number of thiazole rings is 1. The smallest absolute Gasteiger partial charge is 0.246 e. The fourth-order valence-corrected chi connectivity index (χ4v) is 3.08. The minimum absolute atomic E-state index is 0.0124. The molecule has 2 heterocycles. The second kappa shape index (κ2) is 5.28. The third-order valence-corrected chi connectivity index (χ3v) is 4.49. The van der Waals surface area contributed by atoms with Gasteiger partial charge in [-0.1, -0.05) is 13.3 Å². The zero-order valence-corrected chi connectivity index (χ0v) is 12.3. The Morgan fingerprint density at radius 3 is 2.84 bits per heavy atom. The van der Waals surface area contributed by atoms with Crippen LogP contribution < -0.4 is 5.32 Å². The van der Waals surface area contributed by atoms with Crippen LogP contribution in [0.4, 0.5) is 0 Å². The van der Waals surface area contributed by atoms with Crippen LogP contribution >= 0.6 is 11.3 Å². The van der Waals surface area contributed by atoms with Crippen molar-refractivity contribution in [2.24, 2.45) is 0 Å². The van der Waals surface area contributed by atoms with E-state index in [1.165, 1.54) is 11.3 Å². The van der Waals surface area contributed by atoms with Gasteiger partial charge in [0, 0.05) is 11.6 Å². The first kappa shape index (κ1) is 14.0. The van der Waals surface area contributed by atoms with E-state index in [9.17, 15) is 9.59 Å². The van der Waals surface area contributed by atoms with E-state index in [1.54, 1.807) is 11.1 Å². The summed E-state index contributed by atoms with van der Waals surface area (Å²) in [6.45, 7) is 5.98. The highest BCUT2D eigenvalue weighted by molar-refractivity contribution is 7.09. The highest BCUT2D eigenvalue weighted by Gasteiger charge is 2.42. The highest BCUT2D eigenvalue weighted by atomic mass is 32.1. The number of carbonyl (C=O) groups excluding carboxylic acids is 2. The summed E-state index contributed by atoms with van der Waals surface area (Å²) in [4.78, 5) is 30.2. The molecule has 1 aliphatic rings. The summed E-state index contributed by atoms with van der Waals surface area (Å²) < 4.78 is 0. The van der Waals surface area contributed by atoms with Crippen LogP contribution in [0.3, 0.4) is 0 Å². The maximum absolute atomic E-state index is 12.5. The molecule has 1 unspecified atom stereocenters. The van der Waals surface area contributed by atoms with Crippen molar-refractivity contribution in [3.8, 4) is 0 Å². The number of aromatic nitrogens is 1. The third kappa shape index (κ3) is 2.63. The van der Waals surface area contributed by atoms with Crippen LogP contribution in [0, 0.1) is 0 Å². The molecule has 2 amide bonds. The van der Waals surface area contributed by atoms with Gasteiger partial charge in [0.1, 0.15) is 17.6 Å². The number of nitrogens with zero attached hydrogens (tertiary/aromatic N) is 2. The average molecular weight is 281 g/mol. The van der Waals surface area contributed by atoms with Crippen LogP contribution in [0.25, 0.3) is 0 Å². The van der Waals surface area contributed by atoms with Crippen molar-refractivity contribution >= 4 is 23.2 Å². The lowest BCUT2D eigenvalue weighted by molar-refractivity contribution is -0.150. The van der Waals surface area contributed by atoms with E-state index in [1.807, 2.05) is 26.2 Å². The Balaban J connectivity index is 2.27. The van der Waals surface area contributed by atoms with Crippen molar-refractivity contribution in [2.45, 2.75) is 45.2 Å². The molecule has 0 aliphatic carbocycles. The highest BCUT2D eigenvalue weighted by Crippen LogP contribution is 2.31. The minimum atomic E-state index is -0.547. The third-order valence-electron chi connectivity index (χ3n) is 3.41. The second-order valence-electron chi connectivity index (χ2n) is 5.23. The first-order chi connectivity index (χ1) is 8.96. The van der Waals surface area contributed by atoms with Crippen LogP contribution in [-0.2, 0) is 15.1 Å². The molecule has 1 aromatic rings. The van der Waals surface area contributed by atoms with Gasteiger partial charge in [-0.25, -0.2) is 4.98 Å². The molecule has 0 radical (unpaired) electrons. The number of piperazine rings is 1. The molecule has 1 N–H and O–H groups in total. The topological polar surface area (TPSA) is 62.3 Å². The van der Waals surface area contributed by atoms with E-state index in [2.05, 4.69) is 10.3 Å². The van der Waals surface area contributed by atoms with Gasteiger partial charge in [-0.05, 0) is 20.3 Å². The number of hydrogen-bond donors (Lipinski definition) is 1. The van der Waals surface area contributed by atoms with Gasteiger partial charge in [0.2, 0.25) is 11.8 Å². The molecule has 0 spiro atoms. The Labute approximate surface area is 117 Å². The summed E-state index contributed by atoms with van der Waals surface area (Å²) in [6.07, 6.45) is 3.26. The molecular formula is C13H19N3O2S. The molecule has 5 nitrogen and oxygen atoms in total. The quantitative estimate of drug-likeness (QED) is 0.910. The van der Waals surface area contributed by atoms with E-state index >= 15 is 0 Å². The predicted molar refractivity (Wildman–Crippen MR) is 73.7 cm³/mol. The molecule has 0 saturated carbocycles. The standard InChI is InChI=1S/C13H19N3O2S/c1-4-5-9-11(18)16(8-10(17)15-9)13(2,3)12-14-6-7-19-12/h6-7,9H,4-5,8H2,1-3H3,(H,15,17). The molecule has 0 bridgehead atoms. The summed E-state index contributed by atoms with van der Waals surface area (Å²) in [7, 11) is 0. The van der Waals surface area contributed by atoms with Gasteiger partial charge in [0.15, 0.2) is 0 Å². The van der Waals surface area contributed by atoms with Crippen molar-refractivity contribution in [3.63, 3.8) is 0 Å². The molecule has 6 heteroatoms. The Hall–Kier alpha value is -1.43. The van der Waals surface area contributed by atoms with Crippen LogP contribution in [0.1, 0.15) is 38.6 Å². The van der Waals surface area contributed by atoms with E-state index in [4.69, 9.17) is 0 Å². The predicted octanol–water partition coefficient (Wildman–Crippen LogP) is 1.51. The zero-order valence-electron chi connectivity index (χ0n) is 11.5. The molecule has 104 valence electrons. The molecule has 2 rings (SSSR count). The van der Waals surface area contributed by atoms with Gasteiger partial charge in [-0.2, -0.15) is 0 Å². The normalized spacial score (nSPS) is 20.6. The number of hydrogen-bond acceptors (Lipinski definition) is 4. The monoisotopic (exact) mass is 281 g/mol. The van der Waals surface area contributed by atoms with Crippen molar-refractivity contribution in [2.75, 3.05) is 6.54 Å². The van der Waals surface area contributed by atoms with E-state index in [-0.39, 0.29) is 18.4 Å². The molecule has 0 aromatic carbocycles. The van der Waals surface area contributed by atoms with Gasteiger partial charge in [-0.3, -0.25) is 9.59 Å². The maximum atomic E-state index is 12.5. The first-order valence-corrected chi connectivity index (χ1v) is 7.35. The second-order valence-corrected chi connectivity index (χ2v) is 6.12. The molecule has 1 aliphatic heterocycles. The largest absolute Gasteiger partial charge is 0.343 e. The summed E-state index contributed by atoms with van der Waals surface area (Å²) in [5.41, 5.74) is -0.547. The maximum Gasteiger partial charge on any atom is 0.246 e. The van der Waals surface area contributed by atoms with Crippen molar-refractivity contribution in [1.82, 2.24) is 15.2 Å². The van der Waals surface area contributed by atoms with Crippen molar-refractivity contribution < 1.29 is 9.59 Å². The van der Waals surface area contributed by atoms with Crippen LogP contribution in [0.2, 0.25) is 0 Å². The van der Waals surface area contributed by atoms with Crippen LogP contribution in [-0.4, -0.2) is 34.3 Å². The number of rotatable bonds is 4. The molecule has 1 saturated heterocycles. The number of nitrogens with one attached hydrogen (secondary N) is 1. The van der Waals surface area contributed by atoms with E-state index < -0.39 is 11.6 Å².